The molecule has 1 aliphatic heterocycles. The average Bonchev–Trinajstić information content (AvgIpc) is 2.30. The molecule has 0 N–H and O–H groups in total. The van der Waals surface area contributed by atoms with Crippen molar-refractivity contribution >= 4 is 5.69 Å². The molecule has 0 amide bonds. The lowest BCUT2D eigenvalue weighted by molar-refractivity contribution is -0.387. The van der Waals surface area contributed by atoms with Crippen molar-refractivity contribution in [3.05, 3.63) is 34.1 Å². The molecule has 6 heteroatoms. The van der Waals surface area contributed by atoms with Gasteiger partial charge in [0.2, 0.25) is 5.82 Å². The van der Waals surface area contributed by atoms with E-state index in [0.29, 0.717) is 19.0 Å². The summed E-state index contributed by atoms with van der Waals surface area (Å²) < 4.78 is 24.0. The minimum Gasteiger partial charge on any atom is -0.488 e. The summed E-state index contributed by atoms with van der Waals surface area (Å²) in [4.78, 5) is 9.67. The number of hydrogen-bond donors (Lipinski definition) is 0. The summed E-state index contributed by atoms with van der Waals surface area (Å²) in [6.45, 7) is 1.19. The van der Waals surface area contributed by atoms with Crippen LogP contribution >= 0.6 is 0 Å². The van der Waals surface area contributed by atoms with Crippen molar-refractivity contribution in [3.8, 4) is 5.75 Å². The lowest BCUT2D eigenvalue weighted by Crippen LogP contribution is -2.28. The van der Waals surface area contributed by atoms with E-state index in [1.54, 1.807) is 0 Å². The third kappa shape index (κ3) is 2.91. The summed E-state index contributed by atoms with van der Waals surface area (Å²) in [7, 11) is 0. The van der Waals surface area contributed by atoms with Crippen LogP contribution in [0.5, 0.6) is 5.75 Å². The first kappa shape index (κ1) is 11.8. The number of ether oxygens (including phenoxy) is 2. The van der Waals surface area contributed by atoms with Crippen LogP contribution in [0.1, 0.15) is 12.8 Å². The molecule has 0 saturated carbocycles. The molecule has 0 aliphatic carbocycles. The smallest absolute Gasteiger partial charge is 0.305 e. The van der Waals surface area contributed by atoms with E-state index in [-0.39, 0.29) is 6.10 Å². The summed E-state index contributed by atoms with van der Waals surface area (Å²) in [5, 5.41) is 10.4. The Labute approximate surface area is 97.3 Å². The zero-order chi connectivity index (χ0) is 12.3. The highest BCUT2D eigenvalue weighted by molar-refractivity contribution is 5.38. The molecule has 0 radical (unpaired) electrons. The van der Waals surface area contributed by atoms with E-state index in [2.05, 4.69) is 0 Å². The summed E-state index contributed by atoms with van der Waals surface area (Å²) in [5.74, 6) is -0.590. The fourth-order valence-corrected chi connectivity index (χ4v) is 1.71. The second-order valence-corrected chi connectivity index (χ2v) is 3.83. The molecule has 0 bridgehead atoms. The van der Waals surface area contributed by atoms with Gasteiger partial charge in [0.1, 0.15) is 11.9 Å². The van der Waals surface area contributed by atoms with E-state index in [0.717, 1.165) is 25.0 Å². The molecule has 5 nitrogen and oxygen atoms in total. The molecule has 1 unspecified atom stereocenters. The minimum atomic E-state index is -0.885. The van der Waals surface area contributed by atoms with Crippen molar-refractivity contribution in [2.45, 2.75) is 18.9 Å². The molecule has 1 fully saturated rings. The average molecular weight is 241 g/mol. The minimum absolute atomic E-state index is 0.107. The zero-order valence-corrected chi connectivity index (χ0v) is 9.10. The van der Waals surface area contributed by atoms with Crippen molar-refractivity contribution in [2.75, 3.05) is 13.2 Å². The van der Waals surface area contributed by atoms with Crippen LogP contribution in [0.3, 0.4) is 0 Å². The van der Waals surface area contributed by atoms with Crippen LogP contribution in [0.4, 0.5) is 10.1 Å². The molecular formula is C11H12FNO4. The molecule has 0 spiro atoms. The van der Waals surface area contributed by atoms with E-state index in [1.807, 2.05) is 0 Å². The molecular weight excluding hydrogens is 229 g/mol. The van der Waals surface area contributed by atoms with Crippen LogP contribution < -0.4 is 4.74 Å². The van der Waals surface area contributed by atoms with Crippen LogP contribution in [0.15, 0.2) is 18.2 Å². The van der Waals surface area contributed by atoms with Gasteiger partial charge in [-0.1, -0.05) is 0 Å². The SMILES string of the molecule is O=[N+]([O-])c1ccc(OC2CCCOC2)cc1F. The second kappa shape index (κ2) is 5.09. The quantitative estimate of drug-likeness (QED) is 0.601. The predicted octanol–water partition coefficient (Wildman–Crippen LogP) is 2.29. The van der Waals surface area contributed by atoms with Gasteiger partial charge in [-0.15, -0.1) is 0 Å². The highest BCUT2D eigenvalue weighted by Gasteiger charge is 2.18. The maximum atomic E-state index is 13.3. The van der Waals surface area contributed by atoms with E-state index in [1.165, 1.54) is 6.07 Å². The number of rotatable bonds is 3. The molecule has 92 valence electrons. The highest BCUT2D eigenvalue weighted by Crippen LogP contribution is 2.24. The van der Waals surface area contributed by atoms with Gasteiger partial charge in [0.25, 0.3) is 0 Å². The Morgan fingerprint density at radius 2 is 2.35 bits per heavy atom. The van der Waals surface area contributed by atoms with Crippen LogP contribution in [-0.2, 0) is 4.74 Å². The van der Waals surface area contributed by atoms with Crippen molar-refractivity contribution in [1.29, 1.82) is 0 Å². The van der Waals surface area contributed by atoms with Crippen LogP contribution in [0, 0.1) is 15.9 Å². The molecule has 0 aromatic heterocycles. The molecule has 1 aromatic carbocycles. The van der Waals surface area contributed by atoms with Gasteiger partial charge in [-0.05, 0) is 18.9 Å². The van der Waals surface area contributed by atoms with Crippen LogP contribution in [0.2, 0.25) is 0 Å². The molecule has 1 saturated heterocycles. The number of hydrogen-bond acceptors (Lipinski definition) is 4. The number of nitrogens with zero attached hydrogens (tertiary/aromatic N) is 1. The lowest BCUT2D eigenvalue weighted by atomic mass is 10.2. The van der Waals surface area contributed by atoms with Crippen LogP contribution in [-0.4, -0.2) is 24.2 Å². The number of nitro benzene ring substituents is 1. The second-order valence-electron chi connectivity index (χ2n) is 3.83. The Balaban J connectivity index is 2.06. The van der Waals surface area contributed by atoms with Crippen LogP contribution in [0.25, 0.3) is 0 Å². The zero-order valence-electron chi connectivity index (χ0n) is 9.10. The molecule has 2 rings (SSSR count). The van der Waals surface area contributed by atoms with E-state index < -0.39 is 16.4 Å². The molecule has 17 heavy (non-hydrogen) atoms. The van der Waals surface area contributed by atoms with Crippen molar-refractivity contribution in [1.82, 2.24) is 0 Å². The lowest BCUT2D eigenvalue weighted by Gasteiger charge is -2.23. The Bertz CT molecular complexity index is 418. The Morgan fingerprint density at radius 1 is 1.53 bits per heavy atom. The molecule has 1 heterocycles. The van der Waals surface area contributed by atoms with Crippen molar-refractivity contribution in [2.24, 2.45) is 0 Å². The molecule has 1 atom stereocenters. The summed E-state index contributed by atoms with van der Waals surface area (Å²) in [6.07, 6.45) is 1.64. The third-order valence-corrected chi connectivity index (χ3v) is 2.54. The topological polar surface area (TPSA) is 61.6 Å². The van der Waals surface area contributed by atoms with Gasteiger partial charge in [0, 0.05) is 18.7 Å². The largest absolute Gasteiger partial charge is 0.488 e. The predicted molar refractivity (Wildman–Crippen MR) is 57.5 cm³/mol. The fourth-order valence-electron chi connectivity index (χ4n) is 1.71. The summed E-state index contributed by atoms with van der Waals surface area (Å²) >= 11 is 0. The van der Waals surface area contributed by atoms with Gasteiger partial charge in [-0.2, -0.15) is 4.39 Å². The molecule has 1 aliphatic rings. The number of benzene rings is 1. The standard InChI is InChI=1S/C11H12FNO4/c12-10-6-8(3-4-11(10)13(14)15)17-9-2-1-5-16-7-9/h3-4,6,9H,1-2,5,7H2. The maximum absolute atomic E-state index is 13.3. The van der Waals surface area contributed by atoms with E-state index >= 15 is 0 Å². The first-order chi connectivity index (χ1) is 8.16. The van der Waals surface area contributed by atoms with Gasteiger partial charge < -0.3 is 9.47 Å². The van der Waals surface area contributed by atoms with E-state index in [9.17, 15) is 14.5 Å². The first-order valence-electron chi connectivity index (χ1n) is 5.35. The normalized spacial score (nSPS) is 19.9. The fraction of sp³-hybridized carbons (Fsp3) is 0.455. The number of halogens is 1. The van der Waals surface area contributed by atoms with Gasteiger partial charge in [0.05, 0.1) is 11.5 Å². The Kier molecular flexibility index (Phi) is 3.53. The summed E-state index contributed by atoms with van der Waals surface area (Å²) in [5.41, 5.74) is -0.544. The monoisotopic (exact) mass is 241 g/mol. The van der Waals surface area contributed by atoms with Crippen molar-refractivity contribution < 1.29 is 18.8 Å². The Morgan fingerprint density at radius 3 is 2.94 bits per heavy atom. The number of nitro groups is 1. The van der Waals surface area contributed by atoms with Crippen molar-refractivity contribution in [3.63, 3.8) is 0 Å². The van der Waals surface area contributed by atoms with Gasteiger partial charge in [-0.25, -0.2) is 0 Å². The van der Waals surface area contributed by atoms with Gasteiger partial charge in [0.15, 0.2) is 0 Å². The van der Waals surface area contributed by atoms with Gasteiger partial charge >= 0.3 is 5.69 Å². The summed E-state index contributed by atoms with van der Waals surface area (Å²) in [6, 6.07) is 3.54. The third-order valence-electron chi connectivity index (χ3n) is 2.54. The first-order valence-corrected chi connectivity index (χ1v) is 5.35. The Hall–Kier alpha value is -1.69. The highest BCUT2D eigenvalue weighted by atomic mass is 19.1. The maximum Gasteiger partial charge on any atom is 0.305 e. The molecule has 1 aromatic rings. The van der Waals surface area contributed by atoms with Gasteiger partial charge in [-0.3, -0.25) is 10.1 Å². The van der Waals surface area contributed by atoms with E-state index in [4.69, 9.17) is 9.47 Å².